The molecule has 1 aliphatic heterocycles. The van der Waals surface area contributed by atoms with Crippen LogP contribution >= 0.6 is 0 Å². The number of benzene rings is 1. The van der Waals surface area contributed by atoms with E-state index in [9.17, 15) is 0 Å². The van der Waals surface area contributed by atoms with Crippen molar-refractivity contribution in [2.75, 3.05) is 19.8 Å². The van der Waals surface area contributed by atoms with Crippen LogP contribution in [0.25, 0.3) is 0 Å². The molecule has 104 valence electrons. The van der Waals surface area contributed by atoms with E-state index in [1.165, 1.54) is 25.7 Å². The van der Waals surface area contributed by atoms with E-state index in [4.69, 9.17) is 4.74 Å². The molecular weight excluding hydrogens is 234 g/mol. The zero-order valence-corrected chi connectivity index (χ0v) is 11.9. The molecule has 1 heterocycles. The second kappa shape index (κ2) is 6.06. The molecule has 1 aromatic carbocycles. The summed E-state index contributed by atoms with van der Waals surface area (Å²) in [5.41, 5.74) is 3.12. The minimum Gasteiger partial charge on any atom is -0.381 e. The molecule has 2 nitrogen and oxygen atoms in total. The van der Waals surface area contributed by atoms with Crippen LogP contribution in [-0.4, -0.2) is 25.8 Å². The van der Waals surface area contributed by atoms with Crippen LogP contribution < -0.4 is 5.32 Å². The van der Waals surface area contributed by atoms with Gasteiger partial charge in [-0.15, -0.1) is 0 Å². The lowest BCUT2D eigenvalue weighted by atomic mass is 9.83. The lowest BCUT2D eigenvalue weighted by Gasteiger charge is -2.34. The Bertz CT molecular complexity index is 386. The smallest absolute Gasteiger partial charge is 0.0509 e. The summed E-state index contributed by atoms with van der Waals surface area (Å²) in [6.07, 6.45) is 5.03. The summed E-state index contributed by atoms with van der Waals surface area (Å²) in [6, 6.07) is 9.57. The summed E-state index contributed by atoms with van der Waals surface area (Å²) < 4.78 is 5.71. The van der Waals surface area contributed by atoms with E-state index in [2.05, 4.69) is 36.5 Å². The molecule has 1 fully saturated rings. The minimum absolute atomic E-state index is 0.623. The van der Waals surface area contributed by atoms with Gasteiger partial charge in [0.15, 0.2) is 0 Å². The van der Waals surface area contributed by atoms with E-state index in [-0.39, 0.29) is 0 Å². The molecule has 2 heteroatoms. The van der Waals surface area contributed by atoms with E-state index in [0.29, 0.717) is 12.0 Å². The summed E-state index contributed by atoms with van der Waals surface area (Å²) >= 11 is 0. The molecule has 0 aromatic heterocycles. The Morgan fingerprint density at radius 3 is 2.53 bits per heavy atom. The molecule has 1 N–H and O–H groups in total. The van der Waals surface area contributed by atoms with E-state index in [1.54, 1.807) is 11.1 Å². The third-order valence-corrected chi connectivity index (χ3v) is 4.73. The molecule has 0 bridgehead atoms. The fourth-order valence-electron chi connectivity index (χ4n) is 3.85. The van der Waals surface area contributed by atoms with Crippen molar-refractivity contribution in [3.8, 4) is 0 Å². The van der Waals surface area contributed by atoms with Gasteiger partial charge in [-0.3, -0.25) is 0 Å². The van der Waals surface area contributed by atoms with Crippen molar-refractivity contribution in [1.82, 2.24) is 5.32 Å². The molecule has 0 radical (unpaired) electrons. The van der Waals surface area contributed by atoms with Crippen molar-refractivity contribution in [3.63, 3.8) is 0 Å². The van der Waals surface area contributed by atoms with Gasteiger partial charge >= 0.3 is 0 Å². The number of hydrogen-bond donors (Lipinski definition) is 1. The molecule has 2 atom stereocenters. The molecule has 2 unspecified atom stereocenters. The van der Waals surface area contributed by atoms with Gasteiger partial charge < -0.3 is 10.1 Å². The lowest BCUT2D eigenvalue weighted by Crippen LogP contribution is -2.45. The number of nitrogens with one attached hydrogen (secondary N) is 1. The maximum absolute atomic E-state index is 5.71. The zero-order chi connectivity index (χ0) is 13.1. The van der Waals surface area contributed by atoms with E-state index < -0.39 is 0 Å². The number of hydrogen-bond acceptors (Lipinski definition) is 2. The van der Waals surface area contributed by atoms with Gasteiger partial charge in [0.2, 0.25) is 0 Å². The number of rotatable bonds is 4. The first-order chi connectivity index (χ1) is 9.38. The second-order valence-corrected chi connectivity index (χ2v) is 6.00. The Morgan fingerprint density at radius 2 is 1.95 bits per heavy atom. The van der Waals surface area contributed by atoms with Gasteiger partial charge in [0.1, 0.15) is 0 Å². The standard InChI is InChI=1S/C17H25NO/c1-2-18-17(15-8-5-9-19-12-15)16-10-13-6-3-4-7-14(13)11-16/h3-4,6-7,15-18H,2,5,8-12H2,1H3. The second-order valence-electron chi connectivity index (χ2n) is 6.00. The first kappa shape index (κ1) is 13.1. The molecule has 0 spiro atoms. The van der Waals surface area contributed by atoms with Gasteiger partial charge in [-0.05, 0) is 55.2 Å². The van der Waals surface area contributed by atoms with Crippen molar-refractivity contribution >= 4 is 0 Å². The fourth-order valence-corrected chi connectivity index (χ4v) is 3.85. The molecule has 0 saturated carbocycles. The van der Waals surface area contributed by atoms with E-state index in [1.807, 2.05) is 0 Å². The highest BCUT2D eigenvalue weighted by atomic mass is 16.5. The van der Waals surface area contributed by atoms with Gasteiger partial charge in [-0.2, -0.15) is 0 Å². The predicted octanol–water partition coefficient (Wildman–Crippen LogP) is 2.81. The highest BCUT2D eigenvalue weighted by molar-refractivity contribution is 5.32. The monoisotopic (exact) mass is 259 g/mol. The average molecular weight is 259 g/mol. The van der Waals surface area contributed by atoms with Crippen LogP contribution in [0, 0.1) is 11.8 Å². The van der Waals surface area contributed by atoms with Crippen molar-refractivity contribution in [1.29, 1.82) is 0 Å². The van der Waals surface area contributed by atoms with Crippen LogP contribution in [0.1, 0.15) is 30.9 Å². The summed E-state index contributed by atoms with van der Waals surface area (Å²) in [5.74, 6) is 1.46. The molecule has 3 rings (SSSR count). The first-order valence-electron chi connectivity index (χ1n) is 7.76. The SMILES string of the molecule is CCNC(C1CCCOC1)C1Cc2ccccc2C1. The van der Waals surface area contributed by atoms with Crippen LogP contribution in [-0.2, 0) is 17.6 Å². The highest BCUT2D eigenvalue weighted by Gasteiger charge is 2.34. The van der Waals surface area contributed by atoms with E-state index in [0.717, 1.165) is 25.7 Å². The Labute approximate surface area is 116 Å². The Hall–Kier alpha value is -0.860. The Kier molecular flexibility index (Phi) is 4.19. The molecule has 2 aliphatic rings. The largest absolute Gasteiger partial charge is 0.381 e. The molecule has 1 saturated heterocycles. The molecule has 1 aromatic rings. The van der Waals surface area contributed by atoms with Crippen LogP contribution in [0.5, 0.6) is 0 Å². The van der Waals surface area contributed by atoms with E-state index >= 15 is 0 Å². The number of fused-ring (bicyclic) bond motifs is 1. The van der Waals surface area contributed by atoms with Crippen LogP contribution in [0.3, 0.4) is 0 Å². The van der Waals surface area contributed by atoms with Gasteiger partial charge in [0.25, 0.3) is 0 Å². The van der Waals surface area contributed by atoms with Crippen LogP contribution in [0.2, 0.25) is 0 Å². The minimum atomic E-state index is 0.623. The van der Waals surface area contributed by atoms with Gasteiger partial charge in [-0.25, -0.2) is 0 Å². The average Bonchev–Trinajstić information content (AvgIpc) is 2.89. The maximum Gasteiger partial charge on any atom is 0.0509 e. The third kappa shape index (κ3) is 2.85. The summed E-state index contributed by atoms with van der Waals surface area (Å²) in [5, 5.41) is 3.75. The Balaban J connectivity index is 1.71. The predicted molar refractivity (Wildman–Crippen MR) is 78.3 cm³/mol. The Morgan fingerprint density at radius 1 is 1.21 bits per heavy atom. The van der Waals surface area contributed by atoms with Gasteiger partial charge in [0.05, 0.1) is 6.61 Å². The van der Waals surface area contributed by atoms with Crippen molar-refractivity contribution < 1.29 is 4.74 Å². The van der Waals surface area contributed by atoms with Crippen molar-refractivity contribution in [2.24, 2.45) is 11.8 Å². The fraction of sp³-hybridized carbons (Fsp3) is 0.647. The maximum atomic E-state index is 5.71. The van der Waals surface area contributed by atoms with Gasteiger partial charge in [0, 0.05) is 12.6 Å². The highest BCUT2D eigenvalue weighted by Crippen LogP contribution is 2.33. The third-order valence-electron chi connectivity index (χ3n) is 4.73. The lowest BCUT2D eigenvalue weighted by molar-refractivity contribution is 0.0297. The molecule has 0 amide bonds. The molecule has 19 heavy (non-hydrogen) atoms. The normalized spacial score (nSPS) is 25.2. The van der Waals surface area contributed by atoms with Crippen molar-refractivity contribution in [2.45, 2.75) is 38.6 Å². The van der Waals surface area contributed by atoms with Crippen LogP contribution in [0.4, 0.5) is 0 Å². The first-order valence-corrected chi connectivity index (χ1v) is 7.76. The number of ether oxygens (including phenoxy) is 1. The molecule has 1 aliphatic carbocycles. The summed E-state index contributed by atoms with van der Waals surface area (Å²) in [4.78, 5) is 0. The molecular formula is C17H25NO. The quantitative estimate of drug-likeness (QED) is 0.898. The zero-order valence-electron chi connectivity index (χ0n) is 11.9. The van der Waals surface area contributed by atoms with Crippen LogP contribution in [0.15, 0.2) is 24.3 Å². The topological polar surface area (TPSA) is 21.3 Å². The summed E-state index contributed by atoms with van der Waals surface area (Å²) in [6.45, 7) is 5.19. The van der Waals surface area contributed by atoms with Crippen molar-refractivity contribution in [3.05, 3.63) is 35.4 Å². The van der Waals surface area contributed by atoms with Gasteiger partial charge in [-0.1, -0.05) is 31.2 Å². The summed E-state index contributed by atoms with van der Waals surface area (Å²) in [7, 11) is 0.